The van der Waals surface area contributed by atoms with Crippen molar-refractivity contribution in [1.82, 2.24) is 14.9 Å². The van der Waals surface area contributed by atoms with Crippen LogP contribution in [0.1, 0.15) is 6.92 Å². The van der Waals surface area contributed by atoms with Gasteiger partial charge in [-0.2, -0.15) is 0 Å². The number of fused-ring (bicyclic) bond motifs is 1. The van der Waals surface area contributed by atoms with E-state index in [1.54, 1.807) is 6.33 Å². The number of anilines is 4. The molecular weight excluding hydrogens is 320 g/mol. The molecule has 2 aliphatic heterocycles. The molecule has 0 unspecified atom stereocenters. The van der Waals surface area contributed by atoms with Crippen molar-refractivity contribution in [1.29, 1.82) is 0 Å². The van der Waals surface area contributed by atoms with Crippen molar-refractivity contribution in [3.05, 3.63) is 24.5 Å². The van der Waals surface area contributed by atoms with Gasteiger partial charge in [0.15, 0.2) is 23.1 Å². The number of nitrogen functional groups attached to an aromatic ring is 1. The molecule has 3 N–H and O–H groups in total. The molecule has 2 aromatic rings. The third-order valence-corrected chi connectivity index (χ3v) is 4.62. The number of nitrogens with two attached hydrogens (primary N) is 1. The van der Waals surface area contributed by atoms with E-state index in [0.29, 0.717) is 17.3 Å². The maximum atomic E-state index is 6.34. The van der Waals surface area contributed by atoms with E-state index >= 15 is 0 Å². The number of benzene rings is 1. The fourth-order valence-electron chi connectivity index (χ4n) is 3.12. The predicted octanol–water partition coefficient (Wildman–Crippen LogP) is 1.67. The number of piperazine rings is 1. The fourth-order valence-corrected chi connectivity index (χ4v) is 3.12. The highest BCUT2D eigenvalue weighted by Crippen LogP contribution is 2.36. The van der Waals surface area contributed by atoms with Crippen LogP contribution in [0.25, 0.3) is 0 Å². The second-order valence-electron chi connectivity index (χ2n) is 6.07. The number of nitrogens with zero attached hydrogens (tertiary/aromatic N) is 4. The van der Waals surface area contributed by atoms with Gasteiger partial charge in [-0.15, -0.1) is 0 Å². The second kappa shape index (κ2) is 6.64. The van der Waals surface area contributed by atoms with Crippen LogP contribution in [0.4, 0.5) is 23.0 Å². The molecule has 25 heavy (non-hydrogen) atoms. The molecule has 8 heteroatoms. The molecule has 0 saturated carbocycles. The summed E-state index contributed by atoms with van der Waals surface area (Å²) in [7, 11) is 0. The zero-order chi connectivity index (χ0) is 17.2. The molecule has 0 atom stereocenters. The van der Waals surface area contributed by atoms with E-state index in [1.807, 2.05) is 18.2 Å². The molecule has 3 heterocycles. The summed E-state index contributed by atoms with van der Waals surface area (Å²) in [6, 6.07) is 5.66. The maximum Gasteiger partial charge on any atom is 0.231 e. The number of ether oxygens (including phenoxy) is 2. The first kappa shape index (κ1) is 15.8. The molecule has 4 rings (SSSR count). The molecule has 0 spiro atoms. The maximum absolute atomic E-state index is 6.34. The van der Waals surface area contributed by atoms with Gasteiger partial charge in [-0.3, -0.25) is 0 Å². The lowest BCUT2D eigenvalue weighted by Crippen LogP contribution is -2.46. The smallest absolute Gasteiger partial charge is 0.231 e. The van der Waals surface area contributed by atoms with Crippen LogP contribution < -0.4 is 25.4 Å². The SMILES string of the molecule is CCN1CCN(c2ncnc(Nc3ccc4c(c3)OCO4)c2N)CC1. The summed E-state index contributed by atoms with van der Waals surface area (Å²) >= 11 is 0. The first-order chi connectivity index (χ1) is 12.2. The van der Waals surface area contributed by atoms with Gasteiger partial charge in [0.25, 0.3) is 0 Å². The summed E-state index contributed by atoms with van der Waals surface area (Å²) in [5.41, 5.74) is 7.75. The monoisotopic (exact) mass is 342 g/mol. The van der Waals surface area contributed by atoms with Crippen LogP contribution in [0.2, 0.25) is 0 Å². The first-order valence-electron chi connectivity index (χ1n) is 8.49. The topological polar surface area (TPSA) is 88.8 Å². The van der Waals surface area contributed by atoms with Gasteiger partial charge in [-0.1, -0.05) is 6.92 Å². The molecule has 8 nitrogen and oxygen atoms in total. The van der Waals surface area contributed by atoms with Crippen molar-refractivity contribution < 1.29 is 9.47 Å². The van der Waals surface area contributed by atoms with Crippen molar-refractivity contribution in [2.24, 2.45) is 0 Å². The van der Waals surface area contributed by atoms with Crippen LogP contribution in [-0.4, -0.2) is 54.4 Å². The lowest BCUT2D eigenvalue weighted by molar-refractivity contribution is 0.174. The largest absolute Gasteiger partial charge is 0.454 e. The van der Waals surface area contributed by atoms with Crippen molar-refractivity contribution in [3.63, 3.8) is 0 Å². The zero-order valence-corrected chi connectivity index (χ0v) is 14.2. The van der Waals surface area contributed by atoms with E-state index in [2.05, 4.69) is 32.0 Å². The molecule has 1 aromatic heterocycles. The lowest BCUT2D eigenvalue weighted by atomic mass is 10.2. The van der Waals surface area contributed by atoms with Crippen molar-refractivity contribution >= 4 is 23.0 Å². The van der Waals surface area contributed by atoms with Gasteiger partial charge >= 0.3 is 0 Å². The number of likely N-dealkylation sites (N-methyl/N-ethyl adjacent to an activating group) is 1. The Kier molecular flexibility index (Phi) is 4.19. The lowest BCUT2D eigenvalue weighted by Gasteiger charge is -2.35. The van der Waals surface area contributed by atoms with Gasteiger partial charge in [0.1, 0.15) is 12.0 Å². The van der Waals surface area contributed by atoms with E-state index < -0.39 is 0 Å². The normalized spacial score (nSPS) is 16.9. The standard InChI is InChI=1S/C17H22N6O2/c1-2-22-5-7-23(8-6-22)17-15(18)16(19-10-20-17)21-12-3-4-13-14(9-12)25-11-24-13/h3-4,9-10H,2,5-8,11,18H2,1H3,(H,19,20,21). The van der Waals surface area contributed by atoms with Gasteiger partial charge in [-0.05, 0) is 18.7 Å². The van der Waals surface area contributed by atoms with E-state index in [9.17, 15) is 0 Å². The Morgan fingerprint density at radius 1 is 1.12 bits per heavy atom. The first-order valence-corrected chi connectivity index (χ1v) is 8.49. The zero-order valence-electron chi connectivity index (χ0n) is 14.2. The molecule has 0 bridgehead atoms. The van der Waals surface area contributed by atoms with Crippen LogP contribution >= 0.6 is 0 Å². The Hall–Kier alpha value is -2.74. The highest BCUT2D eigenvalue weighted by atomic mass is 16.7. The number of hydrogen-bond acceptors (Lipinski definition) is 8. The van der Waals surface area contributed by atoms with Crippen LogP contribution in [0.15, 0.2) is 24.5 Å². The molecular formula is C17H22N6O2. The van der Waals surface area contributed by atoms with Gasteiger partial charge in [0, 0.05) is 37.9 Å². The summed E-state index contributed by atoms with van der Waals surface area (Å²) < 4.78 is 10.7. The van der Waals surface area contributed by atoms with Crippen LogP contribution in [0, 0.1) is 0 Å². The van der Waals surface area contributed by atoms with Crippen LogP contribution in [0.5, 0.6) is 11.5 Å². The molecule has 0 amide bonds. The molecule has 132 valence electrons. The minimum atomic E-state index is 0.252. The minimum absolute atomic E-state index is 0.252. The van der Waals surface area contributed by atoms with E-state index in [0.717, 1.165) is 50.0 Å². The minimum Gasteiger partial charge on any atom is -0.454 e. The second-order valence-corrected chi connectivity index (χ2v) is 6.07. The van der Waals surface area contributed by atoms with Crippen molar-refractivity contribution in [3.8, 4) is 11.5 Å². The third-order valence-electron chi connectivity index (χ3n) is 4.62. The molecule has 2 aliphatic rings. The molecule has 1 aromatic carbocycles. The molecule has 1 fully saturated rings. The van der Waals surface area contributed by atoms with Gasteiger partial charge in [0.05, 0.1) is 0 Å². The third kappa shape index (κ3) is 3.12. The van der Waals surface area contributed by atoms with Gasteiger partial charge in [0.2, 0.25) is 6.79 Å². The summed E-state index contributed by atoms with van der Waals surface area (Å²) in [4.78, 5) is 13.3. The summed E-state index contributed by atoms with van der Waals surface area (Å²) in [5.74, 6) is 2.85. The summed E-state index contributed by atoms with van der Waals surface area (Å²) in [6.45, 7) is 7.38. The Labute approximate surface area is 146 Å². The highest BCUT2D eigenvalue weighted by Gasteiger charge is 2.21. The quantitative estimate of drug-likeness (QED) is 0.867. The van der Waals surface area contributed by atoms with E-state index in [-0.39, 0.29) is 6.79 Å². The fraction of sp³-hybridized carbons (Fsp3) is 0.412. The highest BCUT2D eigenvalue weighted by molar-refractivity contribution is 5.78. The number of aromatic nitrogens is 2. The predicted molar refractivity (Wildman–Crippen MR) is 96.6 cm³/mol. The average Bonchev–Trinajstić information content (AvgIpc) is 3.11. The van der Waals surface area contributed by atoms with Gasteiger partial charge in [-0.25, -0.2) is 9.97 Å². The average molecular weight is 342 g/mol. The number of nitrogens with one attached hydrogen (secondary N) is 1. The molecule has 1 saturated heterocycles. The van der Waals surface area contributed by atoms with E-state index in [4.69, 9.17) is 15.2 Å². The van der Waals surface area contributed by atoms with E-state index in [1.165, 1.54) is 0 Å². The Morgan fingerprint density at radius 2 is 1.92 bits per heavy atom. The van der Waals surface area contributed by atoms with Crippen LogP contribution in [0.3, 0.4) is 0 Å². The van der Waals surface area contributed by atoms with Crippen LogP contribution in [-0.2, 0) is 0 Å². The Balaban J connectivity index is 1.53. The number of hydrogen-bond donors (Lipinski definition) is 2. The van der Waals surface area contributed by atoms with Crippen molar-refractivity contribution in [2.75, 3.05) is 55.5 Å². The Bertz CT molecular complexity index is 761. The molecule has 0 radical (unpaired) electrons. The summed E-state index contributed by atoms with van der Waals surface area (Å²) in [5, 5.41) is 3.25. The Morgan fingerprint density at radius 3 is 2.72 bits per heavy atom. The number of rotatable bonds is 4. The van der Waals surface area contributed by atoms with Gasteiger partial charge < -0.3 is 30.3 Å². The van der Waals surface area contributed by atoms with Crippen molar-refractivity contribution in [2.45, 2.75) is 6.92 Å². The molecule has 0 aliphatic carbocycles. The summed E-state index contributed by atoms with van der Waals surface area (Å²) in [6.07, 6.45) is 1.55.